The van der Waals surface area contributed by atoms with Crippen molar-refractivity contribution in [3.05, 3.63) is 33.9 Å². The summed E-state index contributed by atoms with van der Waals surface area (Å²) in [6, 6.07) is 3.75. The number of aromatic carboxylic acids is 1. The fourth-order valence-electron chi connectivity index (χ4n) is 1.42. The number of nitrogens with zero attached hydrogens (tertiary/aromatic N) is 1. The summed E-state index contributed by atoms with van der Waals surface area (Å²) in [6.45, 7) is 2.12. The Labute approximate surface area is 108 Å². The van der Waals surface area contributed by atoms with Crippen molar-refractivity contribution >= 4 is 23.3 Å². The van der Waals surface area contributed by atoms with Gasteiger partial charge in [-0.05, 0) is 12.1 Å². The number of hydrogen-bond acceptors (Lipinski definition) is 5. The molecule has 1 aromatic carbocycles. The van der Waals surface area contributed by atoms with E-state index in [-0.39, 0.29) is 11.5 Å². The first kappa shape index (κ1) is 14.4. The third-order valence-electron chi connectivity index (χ3n) is 2.25. The first-order chi connectivity index (χ1) is 8.91. The monoisotopic (exact) mass is 267 g/mol. The first-order valence-corrected chi connectivity index (χ1v) is 5.42. The molecular formula is C11H13N3O5. The summed E-state index contributed by atoms with van der Waals surface area (Å²) in [6.07, 6.45) is 0. The quantitative estimate of drug-likeness (QED) is 0.399. The van der Waals surface area contributed by atoms with Crippen LogP contribution >= 0.6 is 0 Å². The van der Waals surface area contributed by atoms with E-state index in [4.69, 9.17) is 5.11 Å². The van der Waals surface area contributed by atoms with Crippen molar-refractivity contribution in [2.75, 3.05) is 18.4 Å². The maximum absolute atomic E-state index is 10.8. The van der Waals surface area contributed by atoms with Gasteiger partial charge < -0.3 is 15.7 Å². The molecule has 0 radical (unpaired) electrons. The van der Waals surface area contributed by atoms with Crippen LogP contribution < -0.4 is 10.6 Å². The molecule has 0 aromatic heterocycles. The fourth-order valence-corrected chi connectivity index (χ4v) is 1.42. The van der Waals surface area contributed by atoms with Crippen LogP contribution in [0.25, 0.3) is 0 Å². The minimum absolute atomic E-state index is 0.172. The molecule has 0 aliphatic rings. The zero-order chi connectivity index (χ0) is 14.4. The lowest BCUT2D eigenvalue weighted by Crippen LogP contribution is -2.26. The number of nitro groups is 1. The van der Waals surface area contributed by atoms with Gasteiger partial charge in [0.15, 0.2) is 0 Å². The summed E-state index contributed by atoms with van der Waals surface area (Å²) in [5, 5.41) is 25.0. The van der Waals surface area contributed by atoms with Gasteiger partial charge in [0.25, 0.3) is 5.69 Å². The highest BCUT2D eigenvalue weighted by Crippen LogP contribution is 2.23. The van der Waals surface area contributed by atoms with Crippen molar-refractivity contribution in [3.63, 3.8) is 0 Å². The number of carbonyl (C=O) groups is 2. The van der Waals surface area contributed by atoms with Crippen molar-refractivity contribution in [2.24, 2.45) is 0 Å². The SMILES string of the molecule is CC(=O)NCCNc1ccc(C(=O)O)c([N+](=O)[O-])c1. The van der Waals surface area contributed by atoms with Crippen LogP contribution in [0, 0.1) is 10.1 Å². The summed E-state index contributed by atoms with van der Waals surface area (Å²) < 4.78 is 0. The Kier molecular flexibility index (Phi) is 4.81. The third kappa shape index (κ3) is 4.26. The summed E-state index contributed by atoms with van der Waals surface area (Å²) in [4.78, 5) is 31.4. The Balaban J connectivity index is 2.76. The zero-order valence-corrected chi connectivity index (χ0v) is 10.2. The number of carboxylic acids is 1. The predicted octanol–water partition coefficient (Wildman–Crippen LogP) is 0.841. The lowest BCUT2D eigenvalue weighted by molar-refractivity contribution is -0.385. The summed E-state index contributed by atoms with van der Waals surface area (Å²) in [5.41, 5.74) is -0.420. The second kappa shape index (κ2) is 6.34. The molecule has 0 unspecified atom stereocenters. The van der Waals surface area contributed by atoms with Crippen LogP contribution in [-0.2, 0) is 4.79 Å². The molecule has 0 bridgehead atoms. The van der Waals surface area contributed by atoms with Gasteiger partial charge >= 0.3 is 5.97 Å². The zero-order valence-electron chi connectivity index (χ0n) is 10.2. The van der Waals surface area contributed by atoms with E-state index in [1.807, 2.05) is 0 Å². The van der Waals surface area contributed by atoms with Gasteiger partial charge in [0.05, 0.1) is 4.92 Å². The van der Waals surface area contributed by atoms with Crippen LogP contribution in [-0.4, -0.2) is 35.0 Å². The van der Waals surface area contributed by atoms with Gasteiger partial charge in [0.1, 0.15) is 5.56 Å². The number of carboxylic acid groups (broad SMARTS) is 1. The number of rotatable bonds is 6. The average molecular weight is 267 g/mol. The molecule has 0 spiro atoms. The van der Waals surface area contributed by atoms with E-state index in [0.29, 0.717) is 18.8 Å². The molecule has 0 saturated heterocycles. The topological polar surface area (TPSA) is 122 Å². The Morgan fingerprint density at radius 3 is 2.58 bits per heavy atom. The molecule has 19 heavy (non-hydrogen) atoms. The number of nitrogens with one attached hydrogen (secondary N) is 2. The van der Waals surface area contributed by atoms with Gasteiger partial charge in [0, 0.05) is 31.8 Å². The van der Waals surface area contributed by atoms with Gasteiger partial charge in [0.2, 0.25) is 5.91 Å². The van der Waals surface area contributed by atoms with E-state index in [2.05, 4.69) is 10.6 Å². The van der Waals surface area contributed by atoms with E-state index in [9.17, 15) is 19.7 Å². The van der Waals surface area contributed by atoms with Gasteiger partial charge in [-0.15, -0.1) is 0 Å². The molecule has 3 N–H and O–H groups in total. The molecule has 0 aliphatic heterocycles. The second-order valence-corrected chi connectivity index (χ2v) is 3.70. The van der Waals surface area contributed by atoms with Crippen molar-refractivity contribution in [3.8, 4) is 0 Å². The normalized spacial score (nSPS) is 9.74. The average Bonchev–Trinajstić information content (AvgIpc) is 2.33. The van der Waals surface area contributed by atoms with E-state index in [1.54, 1.807) is 0 Å². The molecule has 8 heteroatoms. The Morgan fingerprint density at radius 2 is 2.05 bits per heavy atom. The number of benzene rings is 1. The van der Waals surface area contributed by atoms with E-state index in [1.165, 1.54) is 19.1 Å². The number of carbonyl (C=O) groups excluding carboxylic acids is 1. The van der Waals surface area contributed by atoms with Crippen LogP contribution in [0.5, 0.6) is 0 Å². The van der Waals surface area contributed by atoms with Crippen LogP contribution in [0.3, 0.4) is 0 Å². The molecular weight excluding hydrogens is 254 g/mol. The van der Waals surface area contributed by atoms with Crippen LogP contribution in [0.15, 0.2) is 18.2 Å². The fraction of sp³-hybridized carbons (Fsp3) is 0.273. The molecule has 0 fully saturated rings. The van der Waals surface area contributed by atoms with Crippen molar-refractivity contribution < 1.29 is 19.6 Å². The molecule has 0 heterocycles. The highest BCUT2D eigenvalue weighted by molar-refractivity contribution is 5.93. The molecule has 102 valence electrons. The van der Waals surface area contributed by atoms with Crippen molar-refractivity contribution in [1.29, 1.82) is 0 Å². The van der Waals surface area contributed by atoms with Crippen molar-refractivity contribution in [2.45, 2.75) is 6.92 Å². The lowest BCUT2D eigenvalue weighted by atomic mass is 10.1. The third-order valence-corrected chi connectivity index (χ3v) is 2.25. The molecule has 0 aliphatic carbocycles. The van der Waals surface area contributed by atoms with E-state index >= 15 is 0 Å². The minimum Gasteiger partial charge on any atom is -0.477 e. The molecule has 0 atom stereocenters. The molecule has 8 nitrogen and oxygen atoms in total. The maximum atomic E-state index is 10.8. The maximum Gasteiger partial charge on any atom is 0.342 e. The predicted molar refractivity (Wildman–Crippen MR) is 67.2 cm³/mol. The number of hydrogen-bond donors (Lipinski definition) is 3. The van der Waals surface area contributed by atoms with Gasteiger partial charge in [-0.1, -0.05) is 0 Å². The Morgan fingerprint density at radius 1 is 1.37 bits per heavy atom. The van der Waals surface area contributed by atoms with Crippen LogP contribution in [0.4, 0.5) is 11.4 Å². The largest absolute Gasteiger partial charge is 0.477 e. The van der Waals surface area contributed by atoms with Gasteiger partial charge in [-0.25, -0.2) is 4.79 Å². The Bertz CT molecular complexity index is 515. The van der Waals surface area contributed by atoms with Crippen LogP contribution in [0.1, 0.15) is 17.3 Å². The highest BCUT2D eigenvalue weighted by atomic mass is 16.6. The van der Waals surface area contributed by atoms with E-state index in [0.717, 1.165) is 6.07 Å². The summed E-state index contributed by atoms with van der Waals surface area (Å²) in [7, 11) is 0. The number of anilines is 1. The molecule has 1 aromatic rings. The van der Waals surface area contributed by atoms with Crippen molar-refractivity contribution in [1.82, 2.24) is 5.32 Å². The summed E-state index contributed by atoms with van der Waals surface area (Å²) >= 11 is 0. The molecule has 1 amide bonds. The second-order valence-electron chi connectivity index (χ2n) is 3.70. The molecule has 0 saturated carbocycles. The summed E-state index contributed by atoms with van der Waals surface area (Å²) in [5.74, 6) is -1.52. The minimum atomic E-state index is -1.35. The Hall–Kier alpha value is -2.64. The molecule has 1 rings (SSSR count). The van der Waals surface area contributed by atoms with E-state index < -0.39 is 16.6 Å². The van der Waals surface area contributed by atoms with Gasteiger partial charge in [-0.3, -0.25) is 14.9 Å². The standard InChI is InChI=1S/C11H13N3O5/c1-7(15)12-4-5-13-8-2-3-9(11(16)17)10(6-8)14(18)19/h2-3,6,13H,4-5H2,1H3,(H,12,15)(H,16,17). The smallest absolute Gasteiger partial charge is 0.342 e. The first-order valence-electron chi connectivity index (χ1n) is 5.42. The highest BCUT2D eigenvalue weighted by Gasteiger charge is 2.19. The lowest BCUT2D eigenvalue weighted by Gasteiger charge is -2.07. The number of amides is 1. The van der Waals surface area contributed by atoms with Gasteiger partial charge in [-0.2, -0.15) is 0 Å². The number of nitro benzene ring substituents is 1. The van der Waals surface area contributed by atoms with Crippen LogP contribution in [0.2, 0.25) is 0 Å².